The van der Waals surface area contributed by atoms with E-state index in [1.165, 1.54) is 17.7 Å². The van der Waals surface area contributed by atoms with Gasteiger partial charge in [0.15, 0.2) is 0 Å². The summed E-state index contributed by atoms with van der Waals surface area (Å²) in [6.45, 7) is 5.02. The average Bonchev–Trinajstić information content (AvgIpc) is 3.06. The van der Waals surface area contributed by atoms with Crippen LogP contribution in [-0.4, -0.2) is 55.3 Å². The number of nitrogens with one attached hydrogen (secondary N) is 3. The van der Waals surface area contributed by atoms with Gasteiger partial charge in [-0.1, -0.05) is 73.3 Å². The van der Waals surface area contributed by atoms with Crippen molar-refractivity contribution in [2.24, 2.45) is 0 Å². The molecule has 2 fully saturated rings. The first-order valence-corrected chi connectivity index (χ1v) is 15.7. The monoisotopic (exact) mass is 598 g/mol. The van der Waals surface area contributed by atoms with Gasteiger partial charge in [0.2, 0.25) is 0 Å². The van der Waals surface area contributed by atoms with E-state index in [4.69, 9.17) is 26.3 Å². The number of rotatable bonds is 9. The van der Waals surface area contributed by atoms with Crippen LogP contribution in [-0.2, 0) is 16.8 Å². The second-order valence-electron chi connectivity index (χ2n) is 11.4. The predicted molar refractivity (Wildman–Crippen MR) is 173 cm³/mol. The highest BCUT2D eigenvalue weighted by Crippen LogP contribution is 2.44. The Kier molecular flexibility index (Phi) is 9.24. The molecule has 1 aliphatic heterocycles. The van der Waals surface area contributed by atoms with Crippen molar-refractivity contribution in [2.45, 2.75) is 44.1 Å². The van der Waals surface area contributed by atoms with E-state index >= 15 is 0 Å². The van der Waals surface area contributed by atoms with Crippen molar-refractivity contribution in [1.29, 1.82) is 0 Å². The molecule has 0 radical (unpaired) electrons. The van der Waals surface area contributed by atoms with E-state index < -0.39 is 6.09 Å². The summed E-state index contributed by atoms with van der Waals surface area (Å²) in [5.41, 5.74) is 3.99. The van der Waals surface area contributed by atoms with E-state index in [9.17, 15) is 4.79 Å². The normalized spacial score (nSPS) is 16.5. The Morgan fingerprint density at radius 2 is 1.70 bits per heavy atom. The highest BCUT2D eigenvalue weighted by Gasteiger charge is 2.39. The fraction of sp³-hybridized carbons (Fsp3) is 0.382. The zero-order valence-corrected chi connectivity index (χ0v) is 25.2. The molecule has 1 amide bonds. The minimum absolute atomic E-state index is 0.238. The molecule has 1 aromatic heterocycles. The van der Waals surface area contributed by atoms with E-state index in [1.54, 1.807) is 0 Å². The second kappa shape index (κ2) is 13.6. The van der Waals surface area contributed by atoms with Crippen LogP contribution in [0.15, 0.2) is 72.8 Å². The predicted octanol–water partition coefficient (Wildman–Crippen LogP) is 6.28. The number of piperazine rings is 1. The van der Waals surface area contributed by atoms with Crippen LogP contribution in [0.5, 0.6) is 0 Å². The van der Waals surface area contributed by atoms with Crippen molar-refractivity contribution in [3.05, 3.63) is 94.8 Å². The van der Waals surface area contributed by atoms with Crippen molar-refractivity contribution in [3.8, 4) is 0 Å². The molecular formula is C34H39ClN6O2. The van der Waals surface area contributed by atoms with E-state index in [0.717, 1.165) is 85.0 Å². The average molecular weight is 599 g/mol. The number of benzene rings is 3. The van der Waals surface area contributed by atoms with Crippen LogP contribution in [0.3, 0.4) is 0 Å². The van der Waals surface area contributed by atoms with E-state index in [-0.39, 0.29) is 12.0 Å². The minimum Gasteiger partial charge on any atom is -0.445 e. The Morgan fingerprint density at radius 3 is 2.47 bits per heavy atom. The zero-order chi connectivity index (χ0) is 29.5. The molecule has 1 saturated carbocycles. The molecule has 3 N–H and O–H groups in total. The first-order valence-electron chi connectivity index (χ1n) is 15.3. The molecule has 6 rings (SSSR count). The van der Waals surface area contributed by atoms with Gasteiger partial charge in [-0.15, -0.1) is 0 Å². The standard InChI is InChI=1S/C34H39ClN6O2/c35-27-11-9-26(10-12-27)34(15-5-2-6-16-34)32-39-30-23-28(41-21-19-36-20-22-41)13-14-29(30)31(40-32)37-17-18-38-33(42)43-24-25-7-3-1-4-8-25/h1,3-4,7-14,23,36H,2,5-6,15-22,24H2,(H,38,42)(H,37,39,40). The van der Waals surface area contributed by atoms with Crippen LogP contribution in [0.25, 0.3) is 10.9 Å². The number of fused-ring (bicyclic) bond motifs is 1. The Bertz CT molecular complexity index is 1520. The molecule has 0 unspecified atom stereocenters. The van der Waals surface area contributed by atoms with Gasteiger partial charge in [0.25, 0.3) is 0 Å². The lowest BCUT2D eigenvalue weighted by Crippen LogP contribution is -2.43. The SMILES string of the molecule is O=C(NCCNc1nc(C2(c3ccc(Cl)cc3)CCCCC2)nc2cc(N3CCNCC3)ccc12)OCc1ccccc1. The number of ether oxygens (including phenoxy) is 1. The van der Waals surface area contributed by atoms with Crippen molar-refractivity contribution in [2.75, 3.05) is 49.5 Å². The molecule has 1 saturated heterocycles. The second-order valence-corrected chi connectivity index (χ2v) is 11.8. The Hall–Kier alpha value is -3.88. The fourth-order valence-electron chi connectivity index (χ4n) is 6.27. The third-order valence-electron chi connectivity index (χ3n) is 8.59. The molecule has 1 aliphatic carbocycles. The maximum atomic E-state index is 12.3. The summed E-state index contributed by atoms with van der Waals surface area (Å²) in [7, 11) is 0. The van der Waals surface area contributed by atoms with Crippen LogP contribution < -0.4 is 20.9 Å². The molecule has 2 aliphatic rings. The number of hydrogen-bond acceptors (Lipinski definition) is 7. The number of alkyl carbamates (subject to hydrolysis) is 1. The fourth-order valence-corrected chi connectivity index (χ4v) is 6.40. The van der Waals surface area contributed by atoms with Gasteiger partial charge in [-0.05, 0) is 54.3 Å². The van der Waals surface area contributed by atoms with Crippen molar-refractivity contribution < 1.29 is 9.53 Å². The molecule has 2 heterocycles. The van der Waals surface area contributed by atoms with Gasteiger partial charge in [-0.25, -0.2) is 14.8 Å². The van der Waals surface area contributed by atoms with Crippen LogP contribution in [0.2, 0.25) is 5.02 Å². The summed E-state index contributed by atoms with van der Waals surface area (Å²) in [5.74, 6) is 1.63. The summed E-state index contributed by atoms with van der Waals surface area (Å²) < 4.78 is 5.37. The molecule has 9 heteroatoms. The van der Waals surface area contributed by atoms with Gasteiger partial charge in [0.1, 0.15) is 18.2 Å². The summed E-state index contributed by atoms with van der Waals surface area (Å²) >= 11 is 6.29. The number of hydrogen-bond donors (Lipinski definition) is 3. The molecule has 224 valence electrons. The third kappa shape index (κ3) is 6.86. The molecular weight excluding hydrogens is 560 g/mol. The minimum atomic E-state index is -0.441. The van der Waals surface area contributed by atoms with Crippen molar-refractivity contribution in [1.82, 2.24) is 20.6 Å². The van der Waals surface area contributed by atoms with E-state index in [1.807, 2.05) is 42.5 Å². The first kappa shape index (κ1) is 29.2. The number of anilines is 2. The smallest absolute Gasteiger partial charge is 0.407 e. The third-order valence-corrected chi connectivity index (χ3v) is 8.85. The maximum Gasteiger partial charge on any atom is 0.407 e. The van der Waals surface area contributed by atoms with Gasteiger partial charge in [-0.3, -0.25) is 0 Å². The number of aromatic nitrogens is 2. The molecule has 0 bridgehead atoms. The van der Waals surface area contributed by atoms with Gasteiger partial charge in [-0.2, -0.15) is 0 Å². The lowest BCUT2D eigenvalue weighted by Gasteiger charge is -2.37. The quantitative estimate of drug-likeness (QED) is 0.195. The van der Waals surface area contributed by atoms with Gasteiger partial charge in [0.05, 0.1) is 10.9 Å². The molecule has 43 heavy (non-hydrogen) atoms. The van der Waals surface area contributed by atoms with E-state index in [2.05, 4.69) is 51.2 Å². The number of amides is 1. The number of nitrogens with zero attached hydrogens (tertiary/aromatic N) is 3. The molecule has 3 aromatic carbocycles. The summed E-state index contributed by atoms with van der Waals surface area (Å²) in [6.07, 6.45) is 5.01. The highest BCUT2D eigenvalue weighted by atomic mass is 35.5. The molecule has 4 aromatic rings. The Labute approximate surface area is 258 Å². The molecule has 8 nitrogen and oxygen atoms in total. The molecule has 0 spiro atoms. The van der Waals surface area contributed by atoms with Gasteiger partial charge >= 0.3 is 6.09 Å². The van der Waals surface area contributed by atoms with Crippen molar-refractivity contribution >= 4 is 40.1 Å². The summed E-state index contributed by atoms with van der Waals surface area (Å²) in [5, 5.41) is 11.5. The largest absolute Gasteiger partial charge is 0.445 e. The number of halogens is 1. The van der Waals surface area contributed by atoms with Crippen LogP contribution in [0, 0.1) is 0 Å². The van der Waals surface area contributed by atoms with Gasteiger partial charge in [0, 0.05) is 55.4 Å². The van der Waals surface area contributed by atoms with E-state index in [0.29, 0.717) is 13.1 Å². The summed E-state index contributed by atoms with van der Waals surface area (Å²) in [4.78, 5) is 25.2. The Balaban J connectivity index is 1.26. The maximum absolute atomic E-state index is 12.3. The van der Waals surface area contributed by atoms with Crippen LogP contribution >= 0.6 is 11.6 Å². The number of carbonyl (C=O) groups excluding carboxylic acids is 1. The lowest BCUT2D eigenvalue weighted by atomic mass is 9.68. The topological polar surface area (TPSA) is 91.4 Å². The Morgan fingerprint density at radius 1 is 0.930 bits per heavy atom. The van der Waals surface area contributed by atoms with Gasteiger partial charge < -0.3 is 25.6 Å². The highest BCUT2D eigenvalue weighted by molar-refractivity contribution is 6.30. The van der Waals surface area contributed by atoms with Crippen molar-refractivity contribution in [3.63, 3.8) is 0 Å². The zero-order valence-electron chi connectivity index (χ0n) is 24.4. The first-order chi connectivity index (χ1) is 21.1. The number of carbonyl (C=O) groups is 1. The van der Waals surface area contributed by atoms with Crippen LogP contribution in [0.4, 0.5) is 16.3 Å². The van der Waals surface area contributed by atoms with Crippen LogP contribution in [0.1, 0.15) is 49.1 Å². The lowest BCUT2D eigenvalue weighted by molar-refractivity contribution is 0.140. The summed E-state index contributed by atoms with van der Waals surface area (Å²) in [6, 6.07) is 24.4. The molecule has 0 atom stereocenters.